The van der Waals surface area contributed by atoms with Crippen molar-refractivity contribution in [2.45, 2.75) is 38.5 Å². The molecule has 5 nitrogen and oxygen atoms in total. The lowest BCUT2D eigenvalue weighted by Gasteiger charge is -2.12. The molecule has 1 saturated carbocycles. The molecule has 0 spiro atoms. The van der Waals surface area contributed by atoms with Crippen molar-refractivity contribution in [1.82, 2.24) is 5.32 Å². The molecule has 1 aromatic rings. The number of hydrogen-bond donors (Lipinski definition) is 1. The summed E-state index contributed by atoms with van der Waals surface area (Å²) < 4.78 is 34.7. The fourth-order valence-corrected chi connectivity index (χ4v) is 2.20. The van der Waals surface area contributed by atoms with Gasteiger partial charge < -0.3 is 14.8 Å². The van der Waals surface area contributed by atoms with Crippen LogP contribution < -0.4 is 10.1 Å². The quantitative estimate of drug-likeness (QED) is 0.560. The average molecular weight is 404 g/mol. The Bertz CT molecular complexity index is 647. The summed E-state index contributed by atoms with van der Waals surface area (Å²) in [6, 6.07) is 4.58. The van der Waals surface area contributed by atoms with Crippen molar-refractivity contribution in [3.63, 3.8) is 0 Å². The molecule has 1 amide bonds. The number of alkyl halides is 2. The molecule has 8 heteroatoms. The standard InChI is InChI=1S/C16H16BrF2NO4/c1-9(15(22)20-12-4-5-12)23-14(21)7-2-10-8-11(17)3-6-13(10)24-16(18)19/h2-3,6-9,12,16H,4-5H2,1H3,(H,20,22)/b7-2+/t9-/m0/s1. The highest BCUT2D eigenvalue weighted by Crippen LogP contribution is 2.26. The maximum atomic E-state index is 12.4. The number of nitrogens with one attached hydrogen (secondary N) is 1. The normalized spacial score (nSPS) is 15.4. The Morgan fingerprint density at radius 2 is 2.08 bits per heavy atom. The molecule has 1 fully saturated rings. The van der Waals surface area contributed by atoms with E-state index in [4.69, 9.17) is 4.74 Å². The van der Waals surface area contributed by atoms with Gasteiger partial charge in [0, 0.05) is 22.2 Å². The first-order valence-corrected chi connectivity index (χ1v) is 8.08. The van der Waals surface area contributed by atoms with E-state index in [1.807, 2.05) is 0 Å². The first kappa shape index (κ1) is 18.4. The van der Waals surface area contributed by atoms with Gasteiger partial charge in [-0.05, 0) is 44.0 Å². The minimum Gasteiger partial charge on any atom is -0.449 e. The molecule has 1 N–H and O–H groups in total. The predicted molar refractivity (Wildman–Crippen MR) is 86.5 cm³/mol. The third-order valence-electron chi connectivity index (χ3n) is 3.17. The van der Waals surface area contributed by atoms with Crippen molar-refractivity contribution in [2.24, 2.45) is 0 Å². The van der Waals surface area contributed by atoms with Crippen LogP contribution in [-0.4, -0.2) is 30.6 Å². The zero-order valence-corrected chi connectivity index (χ0v) is 14.4. The van der Waals surface area contributed by atoms with Crippen LogP contribution in [0.25, 0.3) is 6.08 Å². The van der Waals surface area contributed by atoms with Crippen molar-refractivity contribution in [2.75, 3.05) is 0 Å². The summed E-state index contributed by atoms with van der Waals surface area (Å²) in [7, 11) is 0. The lowest BCUT2D eigenvalue weighted by atomic mass is 10.2. The van der Waals surface area contributed by atoms with Gasteiger partial charge in [0.2, 0.25) is 0 Å². The largest absolute Gasteiger partial charge is 0.449 e. The highest BCUT2D eigenvalue weighted by molar-refractivity contribution is 9.10. The molecular formula is C16H16BrF2NO4. The van der Waals surface area contributed by atoms with Crippen LogP contribution in [0.5, 0.6) is 5.75 Å². The smallest absolute Gasteiger partial charge is 0.387 e. The second kappa shape index (κ2) is 8.23. The van der Waals surface area contributed by atoms with Gasteiger partial charge in [0.1, 0.15) is 5.75 Å². The van der Waals surface area contributed by atoms with Gasteiger partial charge in [-0.1, -0.05) is 15.9 Å². The second-order valence-corrected chi connectivity index (χ2v) is 6.17. The minimum absolute atomic E-state index is 0.0724. The van der Waals surface area contributed by atoms with Crippen molar-refractivity contribution in [3.05, 3.63) is 34.3 Å². The Labute approximate surface area is 146 Å². The van der Waals surface area contributed by atoms with Crippen LogP contribution in [0.1, 0.15) is 25.3 Å². The van der Waals surface area contributed by atoms with Crippen molar-refractivity contribution in [3.8, 4) is 5.75 Å². The SMILES string of the molecule is C[C@H](OC(=O)/C=C/c1cc(Br)ccc1OC(F)F)C(=O)NC1CC1. The van der Waals surface area contributed by atoms with E-state index in [0.717, 1.165) is 18.9 Å². The first-order valence-electron chi connectivity index (χ1n) is 7.28. The molecule has 130 valence electrons. The fraction of sp³-hybridized carbons (Fsp3) is 0.375. The van der Waals surface area contributed by atoms with Crippen LogP contribution in [0, 0.1) is 0 Å². The molecule has 0 aromatic heterocycles. The molecule has 1 aliphatic carbocycles. The summed E-state index contributed by atoms with van der Waals surface area (Å²) in [6.07, 6.45) is 3.28. The summed E-state index contributed by atoms with van der Waals surface area (Å²) in [4.78, 5) is 23.5. The third-order valence-corrected chi connectivity index (χ3v) is 3.67. The summed E-state index contributed by atoms with van der Waals surface area (Å²) in [5, 5.41) is 2.72. The van der Waals surface area contributed by atoms with E-state index in [2.05, 4.69) is 26.0 Å². The number of ether oxygens (including phenoxy) is 2. The molecule has 0 saturated heterocycles. The van der Waals surface area contributed by atoms with Crippen molar-refractivity contribution in [1.29, 1.82) is 0 Å². The summed E-state index contributed by atoms with van der Waals surface area (Å²) >= 11 is 3.21. The van der Waals surface area contributed by atoms with Crippen molar-refractivity contribution >= 4 is 33.9 Å². The summed E-state index contributed by atoms with van der Waals surface area (Å²) in [5.74, 6) is -1.18. The Balaban J connectivity index is 1.97. The molecule has 0 bridgehead atoms. The fourth-order valence-electron chi connectivity index (χ4n) is 1.82. The zero-order valence-electron chi connectivity index (χ0n) is 12.8. The molecule has 0 unspecified atom stereocenters. The lowest BCUT2D eigenvalue weighted by Crippen LogP contribution is -2.36. The van der Waals surface area contributed by atoms with E-state index in [-0.39, 0.29) is 23.3 Å². The van der Waals surface area contributed by atoms with Crippen LogP contribution >= 0.6 is 15.9 Å². The number of carbonyl (C=O) groups is 2. The molecule has 2 rings (SSSR count). The average Bonchev–Trinajstić information content (AvgIpc) is 3.30. The Morgan fingerprint density at radius 3 is 2.71 bits per heavy atom. The van der Waals surface area contributed by atoms with E-state index < -0.39 is 18.7 Å². The molecule has 1 atom stereocenters. The number of amides is 1. The molecule has 24 heavy (non-hydrogen) atoms. The number of benzene rings is 1. The topological polar surface area (TPSA) is 64.6 Å². The molecule has 0 heterocycles. The number of hydrogen-bond acceptors (Lipinski definition) is 4. The van der Waals surface area contributed by atoms with Gasteiger partial charge in [0.15, 0.2) is 6.10 Å². The maximum Gasteiger partial charge on any atom is 0.387 e. The number of rotatable bonds is 7. The van der Waals surface area contributed by atoms with Gasteiger partial charge in [-0.2, -0.15) is 8.78 Å². The third kappa shape index (κ3) is 5.92. The van der Waals surface area contributed by atoms with Gasteiger partial charge >= 0.3 is 12.6 Å². The van der Waals surface area contributed by atoms with E-state index in [9.17, 15) is 18.4 Å². The number of esters is 1. The van der Waals surface area contributed by atoms with Crippen LogP contribution in [0.4, 0.5) is 8.78 Å². The van der Waals surface area contributed by atoms with Crippen molar-refractivity contribution < 1.29 is 27.8 Å². The minimum atomic E-state index is -2.98. The molecule has 1 aromatic carbocycles. The predicted octanol–water partition coefficient (Wildman–Crippen LogP) is 3.27. The van der Waals surface area contributed by atoms with E-state index in [0.29, 0.717) is 4.47 Å². The van der Waals surface area contributed by atoms with E-state index in [1.54, 1.807) is 0 Å². The van der Waals surface area contributed by atoms with E-state index in [1.165, 1.54) is 31.2 Å². The van der Waals surface area contributed by atoms with Gasteiger partial charge in [-0.3, -0.25) is 4.79 Å². The van der Waals surface area contributed by atoms with Crippen LogP contribution in [0.3, 0.4) is 0 Å². The first-order chi connectivity index (χ1) is 11.3. The maximum absolute atomic E-state index is 12.4. The Hall–Kier alpha value is -1.96. The molecule has 1 aliphatic rings. The Kier molecular flexibility index (Phi) is 6.30. The second-order valence-electron chi connectivity index (χ2n) is 5.26. The monoisotopic (exact) mass is 403 g/mol. The van der Waals surface area contributed by atoms with Crippen LogP contribution in [-0.2, 0) is 14.3 Å². The van der Waals surface area contributed by atoms with Crippen LogP contribution in [0.15, 0.2) is 28.7 Å². The Morgan fingerprint density at radius 1 is 1.38 bits per heavy atom. The van der Waals surface area contributed by atoms with Gasteiger partial charge in [-0.15, -0.1) is 0 Å². The molecule has 0 radical (unpaired) electrons. The summed E-state index contributed by atoms with van der Waals surface area (Å²) in [5.41, 5.74) is 0.275. The van der Waals surface area contributed by atoms with Gasteiger partial charge in [-0.25, -0.2) is 4.79 Å². The van der Waals surface area contributed by atoms with Gasteiger partial charge in [0.05, 0.1) is 0 Å². The summed E-state index contributed by atoms with van der Waals surface area (Å²) in [6.45, 7) is -1.51. The zero-order chi connectivity index (χ0) is 17.7. The molecule has 0 aliphatic heterocycles. The van der Waals surface area contributed by atoms with Gasteiger partial charge in [0.25, 0.3) is 5.91 Å². The number of halogens is 3. The highest BCUT2D eigenvalue weighted by atomic mass is 79.9. The van der Waals surface area contributed by atoms with E-state index >= 15 is 0 Å². The number of carbonyl (C=O) groups excluding carboxylic acids is 2. The highest BCUT2D eigenvalue weighted by Gasteiger charge is 2.26. The molecular weight excluding hydrogens is 388 g/mol. The van der Waals surface area contributed by atoms with Crippen LogP contribution in [0.2, 0.25) is 0 Å². The lowest BCUT2D eigenvalue weighted by molar-refractivity contribution is -0.150.